The van der Waals surface area contributed by atoms with Crippen LogP contribution in [0.1, 0.15) is 50.5 Å². The Kier molecular flexibility index (Phi) is 10.1. The first kappa shape index (κ1) is 27.1. The van der Waals surface area contributed by atoms with Crippen molar-refractivity contribution in [3.05, 3.63) is 47.2 Å². The van der Waals surface area contributed by atoms with Crippen LogP contribution >= 0.6 is 24.0 Å². The predicted molar refractivity (Wildman–Crippen MR) is 125 cm³/mol. The second-order valence-electron chi connectivity index (χ2n) is 7.93. The van der Waals surface area contributed by atoms with Gasteiger partial charge in [0.1, 0.15) is 11.5 Å². The Balaban J connectivity index is 0.00000480. The first-order chi connectivity index (χ1) is 14.0. The van der Waals surface area contributed by atoms with Gasteiger partial charge in [-0.3, -0.25) is 0 Å². The Hall–Kier alpha value is -1.98. The Labute approximate surface area is 198 Å². The first-order valence-electron chi connectivity index (χ1n) is 9.74. The van der Waals surface area contributed by atoms with Crippen LogP contribution in [0.25, 0.3) is 0 Å². The number of alkyl halides is 3. The lowest BCUT2D eigenvalue weighted by atomic mass is 9.94. The van der Waals surface area contributed by atoms with E-state index in [1.54, 1.807) is 25.3 Å². The highest BCUT2D eigenvalue weighted by molar-refractivity contribution is 14.0. The molecule has 0 fully saturated rings. The molecular formula is C21H30F3IN4O2. The van der Waals surface area contributed by atoms with Crippen molar-refractivity contribution in [3.8, 4) is 5.75 Å². The predicted octanol–water partition coefficient (Wildman–Crippen LogP) is 5.09. The molecule has 1 heterocycles. The molecule has 0 aliphatic heterocycles. The van der Waals surface area contributed by atoms with Crippen LogP contribution in [0.4, 0.5) is 13.2 Å². The van der Waals surface area contributed by atoms with E-state index >= 15 is 0 Å². The number of hydrogen-bond donors (Lipinski definition) is 2. The zero-order chi connectivity index (χ0) is 22.4. The van der Waals surface area contributed by atoms with Gasteiger partial charge in [0.05, 0.1) is 19.3 Å². The lowest BCUT2D eigenvalue weighted by Gasteiger charge is -2.14. The first-order valence-corrected chi connectivity index (χ1v) is 9.74. The van der Waals surface area contributed by atoms with Crippen molar-refractivity contribution in [1.29, 1.82) is 0 Å². The summed E-state index contributed by atoms with van der Waals surface area (Å²) < 4.78 is 48.3. The summed E-state index contributed by atoms with van der Waals surface area (Å²) in [6.45, 7) is 9.59. The van der Waals surface area contributed by atoms with Crippen LogP contribution in [-0.4, -0.2) is 30.3 Å². The minimum atomic E-state index is -4.40. The molecule has 2 rings (SSSR count). The molecule has 174 valence electrons. The Morgan fingerprint density at radius 1 is 1.19 bits per heavy atom. The molecule has 1 aromatic heterocycles. The molecular weight excluding hydrogens is 524 g/mol. The quantitative estimate of drug-likeness (QED) is 0.284. The molecule has 0 aliphatic carbocycles. The van der Waals surface area contributed by atoms with E-state index in [1.807, 2.05) is 33.8 Å². The van der Waals surface area contributed by atoms with E-state index in [4.69, 9.17) is 9.15 Å². The molecule has 0 amide bonds. The van der Waals surface area contributed by atoms with Crippen molar-refractivity contribution in [1.82, 2.24) is 15.6 Å². The maximum absolute atomic E-state index is 12.5. The van der Waals surface area contributed by atoms with Gasteiger partial charge in [-0.1, -0.05) is 32.9 Å². The number of guanidine groups is 1. The van der Waals surface area contributed by atoms with Crippen molar-refractivity contribution in [3.63, 3.8) is 0 Å². The number of benzene rings is 1. The summed E-state index contributed by atoms with van der Waals surface area (Å²) >= 11 is 0. The summed E-state index contributed by atoms with van der Waals surface area (Å²) in [6, 6.07) is 5.11. The number of nitrogens with zero attached hydrogens (tertiary/aromatic N) is 2. The second-order valence-corrected chi connectivity index (χ2v) is 7.93. The number of ether oxygens (including phenoxy) is 1. The van der Waals surface area contributed by atoms with Gasteiger partial charge in [-0.2, -0.15) is 13.2 Å². The van der Waals surface area contributed by atoms with Crippen LogP contribution in [0, 0.1) is 6.92 Å². The molecule has 0 radical (unpaired) electrons. The number of halogens is 4. The number of aryl methyl sites for hydroxylation is 1. The zero-order valence-electron chi connectivity index (χ0n) is 18.4. The third-order valence-electron chi connectivity index (χ3n) is 4.07. The van der Waals surface area contributed by atoms with Gasteiger partial charge in [0.2, 0.25) is 5.89 Å². The lowest BCUT2D eigenvalue weighted by molar-refractivity contribution is -0.153. The Morgan fingerprint density at radius 3 is 2.48 bits per heavy atom. The number of aliphatic imine (C=N–C) groups is 1. The molecule has 1 aromatic carbocycles. The smallest absolute Gasteiger partial charge is 0.422 e. The zero-order valence-corrected chi connectivity index (χ0v) is 20.7. The monoisotopic (exact) mass is 554 g/mol. The maximum Gasteiger partial charge on any atom is 0.422 e. The lowest BCUT2D eigenvalue weighted by Crippen LogP contribution is -2.36. The highest BCUT2D eigenvalue weighted by atomic mass is 127. The highest BCUT2D eigenvalue weighted by Crippen LogP contribution is 2.25. The van der Waals surface area contributed by atoms with Gasteiger partial charge in [0, 0.05) is 17.5 Å². The molecule has 0 atom stereocenters. The van der Waals surface area contributed by atoms with Crippen LogP contribution in [0.5, 0.6) is 5.75 Å². The average Bonchev–Trinajstić information content (AvgIpc) is 3.12. The minimum Gasteiger partial charge on any atom is -0.484 e. The average molecular weight is 554 g/mol. The third kappa shape index (κ3) is 9.36. The van der Waals surface area contributed by atoms with E-state index in [1.165, 1.54) is 0 Å². The van der Waals surface area contributed by atoms with Crippen LogP contribution in [-0.2, 0) is 18.5 Å². The Bertz CT molecular complexity index is 861. The van der Waals surface area contributed by atoms with Gasteiger partial charge < -0.3 is 19.8 Å². The summed E-state index contributed by atoms with van der Waals surface area (Å²) in [7, 11) is 0. The summed E-state index contributed by atoms with van der Waals surface area (Å²) in [4.78, 5) is 8.72. The topological polar surface area (TPSA) is 71.7 Å². The number of hydrogen-bond acceptors (Lipinski definition) is 4. The fourth-order valence-electron chi connectivity index (χ4n) is 2.49. The fourth-order valence-corrected chi connectivity index (χ4v) is 2.49. The number of oxazole rings is 1. The molecule has 2 N–H and O–H groups in total. The van der Waals surface area contributed by atoms with Gasteiger partial charge in [0.15, 0.2) is 12.6 Å². The van der Waals surface area contributed by atoms with Crippen LogP contribution in [0.3, 0.4) is 0 Å². The fraction of sp³-hybridized carbons (Fsp3) is 0.524. The van der Waals surface area contributed by atoms with Crippen molar-refractivity contribution in [2.24, 2.45) is 4.99 Å². The number of nitrogens with one attached hydrogen (secondary N) is 2. The molecule has 0 saturated carbocycles. The molecule has 0 aliphatic rings. The minimum absolute atomic E-state index is 0. The van der Waals surface area contributed by atoms with E-state index in [0.717, 1.165) is 11.3 Å². The third-order valence-corrected chi connectivity index (χ3v) is 4.07. The molecule has 2 aromatic rings. The SMILES string of the molecule is CCNC(=NCc1ccc(C)cc1OCC(F)(F)F)NCc1ncc(C(C)(C)C)o1.I. The van der Waals surface area contributed by atoms with Crippen molar-refractivity contribution >= 4 is 29.9 Å². The van der Waals surface area contributed by atoms with E-state index in [0.29, 0.717) is 30.5 Å². The molecule has 31 heavy (non-hydrogen) atoms. The normalized spacial score (nSPS) is 12.3. The summed E-state index contributed by atoms with van der Waals surface area (Å²) in [5.74, 6) is 1.98. The van der Waals surface area contributed by atoms with E-state index < -0.39 is 12.8 Å². The van der Waals surface area contributed by atoms with Gasteiger partial charge >= 0.3 is 6.18 Å². The Morgan fingerprint density at radius 2 is 1.90 bits per heavy atom. The van der Waals surface area contributed by atoms with Gasteiger partial charge in [-0.05, 0) is 25.5 Å². The van der Waals surface area contributed by atoms with Crippen LogP contribution in [0.15, 0.2) is 33.8 Å². The molecule has 0 spiro atoms. The van der Waals surface area contributed by atoms with Gasteiger partial charge in [-0.15, -0.1) is 24.0 Å². The molecule has 0 bridgehead atoms. The number of rotatable bonds is 7. The van der Waals surface area contributed by atoms with Crippen LogP contribution < -0.4 is 15.4 Å². The standard InChI is InChI=1S/C21H29F3N4O2.HI/c1-6-25-19(28-12-18-26-11-17(30-18)20(3,4)5)27-10-15-8-7-14(2)9-16(15)29-13-21(22,23)24;/h7-9,11H,6,10,12-13H2,1-5H3,(H2,25,27,28);1H. The molecule has 6 nitrogen and oxygen atoms in total. The molecule has 10 heteroatoms. The molecule has 0 unspecified atom stereocenters. The van der Waals surface area contributed by atoms with Crippen LogP contribution in [0.2, 0.25) is 0 Å². The summed E-state index contributed by atoms with van der Waals surface area (Å²) in [5.41, 5.74) is 1.24. The largest absolute Gasteiger partial charge is 0.484 e. The van der Waals surface area contributed by atoms with Crippen molar-refractivity contribution < 1.29 is 22.3 Å². The van der Waals surface area contributed by atoms with E-state index in [9.17, 15) is 13.2 Å². The number of aromatic nitrogens is 1. The van der Waals surface area contributed by atoms with Gasteiger partial charge in [-0.25, -0.2) is 9.98 Å². The van der Waals surface area contributed by atoms with E-state index in [-0.39, 0.29) is 41.7 Å². The molecule has 0 saturated heterocycles. The highest BCUT2D eigenvalue weighted by Gasteiger charge is 2.28. The van der Waals surface area contributed by atoms with Crippen molar-refractivity contribution in [2.75, 3.05) is 13.2 Å². The van der Waals surface area contributed by atoms with Gasteiger partial charge in [0.25, 0.3) is 0 Å². The van der Waals surface area contributed by atoms with Crippen molar-refractivity contribution in [2.45, 2.75) is 59.3 Å². The summed E-state index contributed by atoms with van der Waals surface area (Å²) in [6.07, 6.45) is -2.69. The van der Waals surface area contributed by atoms with E-state index in [2.05, 4.69) is 20.6 Å². The maximum atomic E-state index is 12.5. The summed E-state index contributed by atoms with van der Waals surface area (Å²) in [5, 5.41) is 6.22. The second kappa shape index (κ2) is 11.6.